The van der Waals surface area contributed by atoms with E-state index in [4.69, 9.17) is 4.74 Å². The molecule has 3 N–H and O–H groups in total. The first-order valence-electron chi connectivity index (χ1n) is 8.37. The standard InChI is InChI=1S/C18H21N5O3/c1-10(2)8-13-16(24)23-15(18(22-13)26-3)17(25)19-9-14-20-11-6-4-5-7-12(11)21-14/h4-7,10H,8-9H2,1-3H3,(H,19,25)(H,20,21)(H,23,24). The van der Waals surface area contributed by atoms with Crippen molar-refractivity contribution in [3.05, 3.63) is 51.8 Å². The maximum absolute atomic E-state index is 12.5. The summed E-state index contributed by atoms with van der Waals surface area (Å²) in [4.78, 5) is 38.9. The summed E-state index contributed by atoms with van der Waals surface area (Å²) < 4.78 is 5.18. The molecule has 0 radical (unpaired) electrons. The molecule has 3 aromatic rings. The normalized spacial score (nSPS) is 11.1. The number of ether oxygens (including phenoxy) is 1. The summed E-state index contributed by atoms with van der Waals surface area (Å²) in [5.74, 6) is 0.497. The highest BCUT2D eigenvalue weighted by Gasteiger charge is 2.18. The molecule has 2 aromatic heterocycles. The number of nitrogens with zero attached hydrogens (tertiary/aromatic N) is 2. The summed E-state index contributed by atoms with van der Waals surface area (Å²) in [7, 11) is 1.41. The van der Waals surface area contributed by atoms with Crippen molar-refractivity contribution in [1.29, 1.82) is 0 Å². The zero-order valence-corrected chi connectivity index (χ0v) is 14.9. The highest BCUT2D eigenvalue weighted by atomic mass is 16.5. The number of rotatable bonds is 6. The van der Waals surface area contributed by atoms with Crippen LogP contribution in [0.2, 0.25) is 0 Å². The van der Waals surface area contributed by atoms with E-state index in [1.54, 1.807) is 0 Å². The fourth-order valence-corrected chi connectivity index (χ4v) is 2.64. The second-order valence-corrected chi connectivity index (χ2v) is 6.38. The van der Waals surface area contributed by atoms with Crippen molar-refractivity contribution in [3.63, 3.8) is 0 Å². The van der Waals surface area contributed by atoms with E-state index in [0.717, 1.165) is 11.0 Å². The number of benzene rings is 1. The van der Waals surface area contributed by atoms with Gasteiger partial charge < -0.3 is 20.0 Å². The SMILES string of the molecule is COc1nc(CC(C)C)c(=O)[nH]c1C(=O)NCc1nc2ccccc2[nH]1. The number of hydrogen-bond donors (Lipinski definition) is 3. The Bertz CT molecular complexity index is 957. The van der Waals surface area contributed by atoms with Crippen LogP contribution in [0.25, 0.3) is 11.0 Å². The van der Waals surface area contributed by atoms with Crippen LogP contribution in [0.1, 0.15) is 35.9 Å². The number of para-hydroxylation sites is 2. The molecule has 0 aliphatic carbocycles. The molecule has 8 nitrogen and oxygen atoms in total. The number of fused-ring (bicyclic) bond motifs is 1. The Balaban J connectivity index is 1.78. The van der Waals surface area contributed by atoms with Crippen molar-refractivity contribution in [2.24, 2.45) is 5.92 Å². The quantitative estimate of drug-likeness (QED) is 0.624. The van der Waals surface area contributed by atoms with E-state index < -0.39 is 5.91 Å². The third-order valence-electron chi connectivity index (χ3n) is 3.83. The molecule has 0 aliphatic rings. The zero-order chi connectivity index (χ0) is 18.7. The molecule has 0 bridgehead atoms. The van der Waals surface area contributed by atoms with E-state index >= 15 is 0 Å². The highest BCUT2D eigenvalue weighted by molar-refractivity contribution is 5.94. The predicted octanol–water partition coefficient (Wildman–Crippen LogP) is 1.78. The van der Waals surface area contributed by atoms with Gasteiger partial charge in [-0.05, 0) is 24.5 Å². The maximum Gasteiger partial charge on any atom is 0.273 e. The van der Waals surface area contributed by atoms with Crippen LogP contribution in [0.15, 0.2) is 29.1 Å². The van der Waals surface area contributed by atoms with Gasteiger partial charge in [0.1, 0.15) is 11.5 Å². The molecule has 0 fully saturated rings. The first-order valence-corrected chi connectivity index (χ1v) is 8.37. The smallest absolute Gasteiger partial charge is 0.273 e. The number of aromatic nitrogens is 4. The molecule has 2 heterocycles. The summed E-state index contributed by atoms with van der Waals surface area (Å²) in [5.41, 5.74) is 1.69. The molecule has 0 saturated carbocycles. The number of carbonyl (C=O) groups excluding carboxylic acids is 1. The monoisotopic (exact) mass is 355 g/mol. The Hall–Kier alpha value is -3.16. The second-order valence-electron chi connectivity index (χ2n) is 6.38. The fraction of sp³-hybridized carbons (Fsp3) is 0.333. The minimum atomic E-state index is -0.483. The molecule has 0 saturated heterocycles. The molecule has 1 aromatic carbocycles. The molecule has 26 heavy (non-hydrogen) atoms. The van der Waals surface area contributed by atoms with Gasteiger partial charge in [-0.3, -0.25) is 9.59 Å². The number of hydrogen-bond acceptors (Lipinski definition) is 5. The molecule has 1 amide bonds. The lowest BCUT2D eigenvalue weighted by Crippen LogP contribution is -2.29. The minimum absolute atomic E-state index is 0.00103. The van der Waals surface area contributed by atoms with E-state index in [1.807, 2.05) is 38.1 Å². The van der Waals surface area contributed by atoms with Gasteiger partial charge in [0, 0.05) is 0 Å². The second kappa shape index (κ2) is 7.38. The van der Waals surface area contributed by atoms with Crippen LogP contribution in [0.3, 0.4) is 0 Å². The van der Waals surface area contributed by atoms with Crippen molar-refractivity contribution >= 4 is 16.9 Å². The van der Waals surface area contributed by atoms with Gasteiger partial charge in [0.05, 0.1) is 24.7 Å². The molecule has 0 spiro atoms. The highest BCUT2D eigenvalue weighted by Crippen LogP contribution is 2.13. The Morgan fingerprint density at radius 1 is 1.23 bits per heavy atom. The molecule has 136 valence electrons. The molecule has 8 heteroatoms. The summed E-state index contributed by atoms with van der Waals surface area (Å²) in [6, 6.07) is 7.59. The van der Waals surface area contributed by atoms with Crippen molar-refractivity contribution in [3.8, 4) is 5.88 Å². The molecule has 0 aliphatic heterocycles. The summed E-state index contributed by atoms with van der Waals surface area (Å²) in [6.45, 7) is 4.16. The van der Waals surface area contributed by atoms with Gasteiger partial charge in [-0.25, -0.2) is 9.97 Å². The van der Waals surface area contributed by atoms with Crippen molar-refractivity contribution < 1.29 is 9.53 Å². The van der Waals surface area contributed by atoms with Crippen LogP contribution in [0, 0.1) is 5.92 Å². The number of H-pyrrole nitrogens is 2. The number of nitrogens with one attached hydrogen (secondary N) is 3. The third-order valence-corrected chi connectivity index (χ3v) is 3.83. The van der Waals surface area contributed by atoms with Crippen molar-refractivity contribution in [2.45, 2.75) is 26.8 Å². The van der Waals surface area contributed by atoms with Crippen LogP contribution < -0.4 is 15.6 Å². The van der Waals surface area contributed by atoms with Gasteiger partial charge >= 0.3 is 0 Å². The topological polar surface area (TPSA) is 113 Å². The van der Waals surface area contributed by atoms with Crippen LogP contribution in [-0.4, -0.2) is 33.0 Å². The average Bonchev–Trinajstić information content (AvgIpc) is 3.03. The fourth-order valence-electron chi connectivity index (χ4n) is 2.64. The minimum Gasteiger partial charge on any atom is -0.479 e. The number of imidazole rings is 1. The van der Waals surface area contributed by atoms with Gasteiger partial charge in [-0.15, -0.1) is 0 Å². The van der Waals surface area contributed by atoms with E-state index in [-0.39, 0.29) is 29.6 Å². The molecule has 3 rings (SSSR count). The number of carbonyl (C=O) groups is 1. The van der Waals surface area contributed by atoms with Crippen molar-refractivity contribution in [2.75, 3.05) is 7.11 Å². The Morgan fingerprint density at radius 2 is 2.00 bits per heavy atom. The van der Waals surface area contributed by atoms with Crippen LogP contribution in [0.4, 0.5) is 0 Å². The number of methoxy groups -OCH3 is 1. The molecular weight excluding hydrogens is 334 g/mol. The lowest BCUT2D eigenvalue weighted by molar-refractivity contribution is 0.0940. The van der Waals surface area contributed by atoms with Gasteiger partial charge in [-0.2, -0.15) is 0 Å². The summed E-state index contributed by atoms with van der Waals surface area (Å²) >= 11 is 0. The van der Waals surface area contributed by atoms with Crippen LogP contribution >= 0.6 is 0 Å². The number of aromatic amines is 2. The van der Waals surface area contributed by atoms with Gasteiger partial charge in [0.2, 0.25) is 5.88 Å². The largest absolute Gasteiger partial charge is 0.479 e. The number of amides is 1. The zero-order valence-electron chi connectivity index (χ0n) is 14.9. The Labute approximate surface area is 150 Å². The predicted molar refractivity (Wildman–Crippen MR) is 97.2 cm³/mol. The summed E-state index contributed by atoms with van der Waals surface area (Å²) in [5, 5.41) is 2.72. The lowest BCUT2D eigenvalue weighted by Gasteiger charge is -2.10. The van der Waals surface area contributed by atoms with Crippen LogP contribution in [-0.2, 0) is 13.0 Å². The van der Waals surface area contributed by atoms with Gasteiger partial charge in [-0.1, -0.05) is 26.0 Å². The third kappa shape index (κ3) is 3.74. The van der Waals surface area contributed by atoms with E-state index in [1.165, 1.54) is 7.11 Å². The average molecular weight is 355 g/mol. The van der Waals surface area contributed by atoms with Crippen LogP contribution in [0.5, 0.6) is 5.88 Å². The maximum atomic E-state index is 12.5. The molecule has 0 unspecified atom stereocenters. The Morgan fingerprint density at radius 3 is 2.69 bits per heavy atom. The molecule has 0 atom stereocenters. The lowest BCUT2D eigenvalue weighted by atomic mass is 10.1. The van der Waals surface area contributed by atoms with Gasteiger partial charge in [0.15, 0.2) is 5.69 Å². The first-order chi connectivity index (χ1) is 12.5. The van der Waals surface area contributed by atoms with Gasteiger partial charge in [0.25, 0.3) is 11.5 Å². The van der Waals surface area contributed by atoms with E-state index in [2.05, 4.69) is 25.3 Å². The van der Waals surface area contributed by atoms with E-state index in [9.17, 15) is 9.59 Å². The molecular formula is C18H21N5O3. The first kappa shape index (κ1) is 17.7. The van der Waals surface area contributed by atoms with E-state index in [0.29, 0.717) is 17.9 Å². The summed E-state index contributed by atoms with van der Waals surface area (Å²) in [6.07, 6.45) is 0.507. The Kier molecular flexibility index (Phi) is 5.01. The van der Waals surface area contributed by atoms with Crippen molar-refractivity contribution in [1.82, 2.24) is 25.3 Å².